The summed E-state index contributed by atoms with van der Waals surface area (Å²) in [6.45, 7) is 2.21. The number of anilines is 2. The summed E-state index contributed by atoms with van der Waals surface area (Å²) >= 11 is 0. The molecule has 0 saturated carbocycles. The molecule has 1 fully saturated rings. The zero-order valence-corrected chi connectivity index (χ0v) is 9.72. The van der Waals surface area contributed by atoms with E-state index in [4.69, 9.17) is 5.73 Å². The van der Waals surface area contributed by atoms with Crippen LogP contribution in [0.25, 0.3) is 0 Å². The van der Waals surface area contributed by atoms with Gasteiger partial charge in [0.05, 0.1) is 5.75 Å². The lowest BCUT2D eigenvalue weighted by Gasteiger charge is -2.34. The highest BCUT2D eigenvalue weighted by Crippen LogP contribution is 2.27. The van der Waals surface area contributed by atoms with Crippen LogP contribution in [0.2, 0.25) is 0 Å². The van der Waals surface area contributed by atoms with Crippen molar-refractivity contribution in [1.82, 2.24) is 0 Å². The Morgan fingerprint density at radius 1 is 1.47 bits per heavy atom. The van der Waals surface area contributed by atoms with Gasteiger partial charge in [-0.25, -0.2) is 0 Å². The average Bonchev–Trinajstić information content (AvgIpc) is 2.05. The van der Waals surface area contributed by atoms with Crippen molar-refractivity contribution in [3.63, 3.8) is 0 Å². The van der Waals surface area contributed by atoms with E-state index in [-0.39, 0.29) is 0 Å². The SMILES string of the molecule is CS(=O)Cc1cc(N)ccc1N1CCC1. The van der Waals surface area contributed by atoms with Gasteiger partial charge in [0, 0.05) is 41.5 Å². The number of hydrogen-bond donors (Lipinski definition) is 1. The van der Waals surface area contributed by atoms with Crippen LogP contribution in [0.3, 0.4) is 0 Å². The highest BCUT2D eigenvalue weighted by molar-refractivity contribution is 7.83. The summed E-state index contributed by atoms with van der Waals surface area (Å²) in [5.74, 6) is 0.594. The van der Waals surface area contributed by atoms with Gasteiger partial charge < -0.3 is 10.6 Å². The van der Waals surface area contributed by atoms with Gasteiger partial charge in [-0.15, -0.1) is 0 Å². The van der Waals surface area contributed by atoms with E-state index in [1.54, 1.807) is 6.26 Å². The summed E-state index contributed by atoms with van der Waals surface area (Å²) in [6, 6.07) is 5.89. The highest BCUT2D eigenvalue weighted by atomic mass is 32.2. The lowest BCUT2D eigenvalue weighted by molar-refractivity contribution is 0.616. The quantitative estimate of drug-likeness (QED) is 0.789. The molecule has 1 unspecified atom stereocenters. The Bertz CT molecular complexity index is 388. The Morgan fingerprint density at radius 3 is 2.73 bits per heavy atom. The van der Waals surface area contributed by atoms with Crippen LogP contribution in [0.1, 0.15) is 12.0 Å². The van der Waals surface area contributed by atoms with Crippen LogP contribution in [-0.4, -0.2) is 23.6 Å². The first-order valence-corrected chi connectivity index (χ1v) is 6.83. The molecule has 1 aliphatic rings. The highest BCUT2D eigenvalue weighted by Gasteiger charge is 2.17. The summed E-state index contributed by atoms with van der Waals surface area (Å²) in [5.41, 5.74) is 8.80. The van der Waals surface area contributed by atoms with Crippen LogP contribution in [0.4, 0.5) is 11.4 Å². The van der Waals surface area contributed by atoms with Crippen molar-refractivity contribution in [3.8, 4) is 0 Å². The van der Waals surface area contributed by atoms with E-state index in [9.17, 15) is 4.21 Å². The molecule has 0 amide bonds. The number of nitrogens with two attached hydrogens (primary N) is 1. The zero-order valence-electron chi connectivity index (χ0n) is 8.90. The van der Waals surface area contributed by atoms with E-state index >= 15 is 0 Å². The minimum atomic E-state index is -0.812. The Hall–Kier alpha value is -1.03. The number of benzene rings is 1. The standard InChI is InChI=1S/C11H16N2OS/c1-15(14)8-9-7-10(12)3-4-11(9)13-5-2-6-13/h3-4,7H,2,5-6,8,12H2,1H3. The monoisotopic (exact) mass is 224 g/mol. The Kier molecular flexibility index (Phi) is 2.95. The molecule has 0 radical (unpaired) electrons. The predicted molar refractivity (Wildman–Crippen MR) is 65.5 cm³/mol. The fraction of sp³-hybridized carbons (Fsp3) is 0.455. The third kappa shape index (κ3) is 2.31. The van der Waals surface area contributed by atoms with Gasteiger partial charge in [0.25, 0.3) is 0 Å². The molecule has 2 rings (SSSR count). The van der Waals surface area contributed by atoms with E-state index in [1.807, 2.05) is 18.2 Å². The van der Waals surface area contributed by atoms with Gasteiger partial charge in [-0.05, 0) is 30.2 Å². The molecule has 3 nitrogen and oxygen atoms in total. The molecule has 0 bridgehead atoms. The smallest absolute Gasteiger partial charge is 0.0504 e. The summed E-state index contributed by atoms with van der Waals surface area (Å²) in [6.07, 6.45) is 2.97. The predicted octanol–water partition coefficient (Wildman–Crippen LogP) is 1.36. The zero-order chi connectivity index (χ0) is 10.8. The van der Waals surface area contributed by atoms with Crippen LogP contribution >= 0.6 is 0 Å². The van der Waals surface area contributed by atoms with Crippen molar-refractivity contribution in [2.75, 3.05) is 30.0 Å². The van der Waals surface area contributed by atoms with Gasteiger partial charge in [0.2, 0.25) is 0 Å². The summed E-state index contributed by atoms with van der Waals surface area (Å²) in [5, 5.41) is 0. The fourth-order valence-corrected chi connectivity index (χ4v) is 2.47. The molecule has 0 aliphatic carbocycles. The molecular formula is C11H16N2OS. The minimum absolute atomic E-state index is 0.594. The Morgan fingerprint density at radius 2 is 2.20 bits per heavy atom. The first-order valence-electron chi connectivity index (χ1n) is 5.10. The number of nitrogen functional groups attached to an aromatic ring is 1. The van der Waals surface area contributed by atoms with Gasteiger partial charge in [0.15, 0.2) is 0 Å². The molecule has 1 aromatic carbocycles. The lowest BCUT2D eigenvalue weighted by Crippen LogP contribution is -2.37. The summed E-state index contributed by atoms with van der Waals surface area (Å²) < 4.78 is 11.3. The van der Waals surface area contributed by atoms with E-state index in [2.05, 4.69) is 4.90 Å². The molecule has 15 heavy (non-hydrogen) atoms. The van der Waals surface area contributed by atoms with E-state index in [0.29, 0.717) is 5.75 Å². The molecule has 1 aliphatic heterocycles. The van der Waals surface area contributed by atoms with Crippen molar-refractivity contribution in [2.45, 2.75) is 12.2 Å². The maximum absolute atomic E-state index is 11.3. The van der Waals surface area contributed by atoms with Gasteiger partial charge in [-0.2, -0.15) is 0 Å². The van der Waals surface area contributed by atoms with Crippen LogP contribution in [0.15, 0.2) is 18.2 Å². The minimum Gasteiger partial charge on any atom is -0.399 e. The van der Waals surface area contributed by atoms with Gasteiger partial charge in [0.1, 0.15) is 0 Å². The van der Waals surface area contributed by atoms with Gasteiger partial charge >= 0.3 is 0 Å². The molecule has 1 atom stereocenters. The number of hydrogen-bond acceptors (Lipinski definition) is 3. The lowest BCUT2D eigenvalue weighted by atomic mass is 10.1. The Labute approximate surface area is 92.7 Å². The second-order valence-corrected chi connectivity index (χ2v) is 5.38. The molecule has 1 heterocycles. The second-order valence-electron chi connectivity index (χ2n) is 3.95. The van der Waals surface area contributed by atoms with E-state index in [1.165, 1.54) is 12.1 Å². The maximum Gasteiger partial charge on any atom is 0.0504 e. The van der Waals surface area contributed by atoms with Gasteiger partial charge in [-0.3, -0.25) is 4.21 Å². The van der Waals surface area contributed by atoms with Crippen LogP contribution < -0.4 is 10.6 Å². The molecule has 4 heteroatoms. The number of nitrogens with zero attached hydrogens (tertiary/aromatic N) is 1. The number of rotatable bonds is 3. The third-order valence-corrected chi connectivity index (χ3v) is 3.38. The molecule has 0 aromatic heterocycles. The van der Waals surface area contributed by atoms with Crippen molar-refractivity contribution < 1.29 is 4.21 Å². The fourth-order valence-electron chi connectivity index (χ4n) is 1.81. The summed E-state index contributed by atoms with van der Waals surface area (Å²) in [7, 11) is -0.812. The summed E-state index contributed by atoms with van der Waals surface area (Å²) in [4.78, 5) is 2.31. The van der Waals surface area contributed by atoms with Gasteiger partial charge in [-0.1, -0.05) is 0 Å². The molecule has 0 spiro atoms. The van der Waals surface area contributed by atoms with Crippen molar-refractivity contribution >= 4 is 22.2 Å². The topological polar surface area (TPSA) is 46.3 Å². The molecule has 1 aromatic rings. The molecular weight excluding hydrogens is 208 g/mol. The van der Waals surface area contributed by atoms with Crippen LogP contribution in [0.5, 0.6) is 0 Å². The first-order chi connectivity index (χ1) is 7.16. The third-order valence-electron chi connectivity index (χ3n) is 2.66. The van der Waals surface area contributed by atoms with Crippen molar-refractivity contribution in [1.29, 1.82) is 0 Å². The second kappa shape index (κ2) is 4.23. The normalized spacial score (nSPS) is 17.3. The van der Waals surface area contributed by atoms with E-state index < -0.39 is 10.8 Å². The Balaban J connectivity index is 2.30. The molecule has 1 saturated heterocycles. The average molecular weight is 224 g/mol. The van der Waals surface area contributed by atoms with E-state index in [0.717, 1.165) is 24.3 Å². The van der Waals surface area contributed by atoms with Crippen LogP contribution in [0, 0.1) is 0 Å². The van der Waals surface area contributed by atoms with Crippen molar-refractivity contribution in [3.05, 3.63) is 23.8 Å². The maximum atomic E-state index is 11.3. The molecule has 2 N–H and O–H groups in total. The molecule has 82 valence electrons. The van der Waals surface area contributed by atoms with Crippen molar-refractivity contribution in [2.24, 2.45) is 0 Å². The largest absolute Gasteiger partial charge is 0.399 e. The van der Waals surface area contributed by atoms with Crippen LogP contribution in [-0.2, 0) is 16.6 Å². The first kappa shape index (κ1) is 10.5.